The minimum atomic E-state index is -0.794. The molecule has 0 heterocycles. The summed E-state index contributed by atoms with van der Waals surface area (Å²) in [6.07, 6.45) is 0. The second-order valence-electron chi connectivity index (χ2n) is 2.32. The first-order chi connectivity index (χ1) is 4.95. The molecule has 0 aliphatic heterocycles. The van der Waals surface area contributed by atoms with E-state index in [-0.39, 0.29) is 0 Å². The molecule has 0 bridgehead atoms. The maximum Gasteiger partial charge on any atom is 0.330 e. The third-order valence-corrected chi connectivity index (χ3v) is 0.945. The lowest BCUT2D eigenvalue weighted by Gasteiger charge is -2.06. The Bertz CT molecular complexity index is 147. The second-order valence-corrected chi connectivity index (χ2v) is 2.32. The third-order valence-electron chi connectivity index (χ3n) is 0.945. The van der Waals surface area contributed by atoms with Gasteiger partial charge in [-0.2, -0.15) is 0 Å². The molecular weight excluding hydrogens is 148 g/mol. The minimum absolute atomic E-state index is 0.757. The number of nitrogens with two attached hydrogens (primary N) is 2. The first-order valence-corrected chi connectivity index (χ1v) is 3.22. The van der Waals surface area contributed by atoms with Gasteiger partial charge in [-0.3, -0.25) is 0 Å². The lowest BCUT2D eigenvalue weighted by atomic mass is 10.3. The van der Waals surface area contributed by atoms with Gasteiger partial charge in [-0.1, -0.05) is 0 Å². The van der Waals surface area contributed by atoms with E-state index in [2.05, 4.69) is 4.74 Å². The molecule has 0 amide bonds. The van der Waals surface area contributed by atoms with Crippen molar-refractivity contribution in [2.45, 2.75) is 25.9 Å². The molecule has 5 nitrogen and oxygen atoms in total. The highest BCUT2D eigenvalue weighted by atomic mass is 16.6. The Balaban J connectivity index is 3.86. The summed E-state index contributed by atoms with van der Waals surface area (Å²) in [5.74, 6) is -1.51. The topological polar surface area (TPSA) is 95.4 Å². The Kier molecular flexibility index (Phi) is 3.70. The Morgan fingerprint density at radius 2 is 1.36 bits per heavy atom. The highest BCUT2D eigenvalue weighted by molar-refractivity contribution is 5.90. The molecule has 0 aliphatic rings. The van der Waals surface area contributed by atoms with Gasteiger partial charge in [-0.25, -0.2) is 9.59 Å². The zero-order valence-corrected chi connectivity index (χ0v) is 6.53. The molecule has 0 saturated carbocycles. The molecule has 0 rings (SSSR count). The zero-order valence-electron chi connectivity index (χ0n) is 6.53. The van der Waals surface area contributed by atoms with Crippen molar-refractivity contribution in [3.8, 4) is 0 Å². The smallest absolute Gasteiger partial charge is 0.330 e. The van der Waals surface area contributed by atoms with Crippen molar-refractivity contribution in [3.05, 3.63) is 0 Å². The van der Waals surface area contributed by atoms with E-state index in [0.717, 1.165) is 0 Å². The first kappa shape index (κ1) is 10.1. The first-order valence-electron chi connectivity index (χ1n) is 3.22. The second kappa shape index (κ2) is 4.05. The van der Waals surface area contributed by atoms with Crippen LogP contribution in [0.1, 0.15) is 13.8 Å². The molecule has 5 heteroatoms. The highest BCUT2D eigenvalue weighted by Crippen LogP contribution is 1.88. The van der Waals surface area contributed by atoms with E-state index in [0.29, 0.717) is 0 Å². The Morgan fingerprint density at radius 3 is 1.55 bits per heavy atom. The van der Waals surface area contributed by atoms with Crippen molar-refractivity contribution in [1.29, 1.82) is 0 Å². The lowest BCUT2D eigenvalue weighted by Crippen LogP contribution is -2.36. The van der Waals surface area contributed by atoms with Crippen LogP contribution in [0.25, 0.3) is 0 Å². The summed E-state index contributed by atoms with van der Waals surface area (Å²) in [5, 5.41) is 0. The van der Waals surface area contributed by atoms with Gasteiger partial charge in [-0.05, 0) is 13.8 Å². The van der Waals surface area contributed by atoms with Crippen molar-refractivity contribution >= 4 is 11.9 Å². The van der Waals surface area contributed by atoms with Crippen molar-refractivity contribution in [3.63, 3.8) is 0 Å². The predicted molar refractivity (Wildman–Crippen MR) is 38.4 cm³/mol. The average Bonchev–Trinajstić information content (AvgIpc) is 1.87. The fraction of sp³-hybridized carbons (Fsp3) is 0.667. The van der Waals surface area contributed by atoms with Gasteiger partial charge in [0.25, 0.3) is 0 Å². The van der Waals surface area contributed by atoms with E-state index < -0.39 is 24.0 Å². The Labute approximate surface area is 64.7 Å². The number of carbonyl (C=O) groups is 2. The Hall–Kier alpha value is -0.940. The van der Waals surface area contributed by atoms with Gasteiger partial charge in [-0.15, -0.1) is 0 Å². The van der Waals surface area contributed by atoms with Crippen LogP contribution in [0.3, 0.4) is 0 Å². The summed E-state index contributed by atoms with van der Waals surface area (Å²) < 4.78 is 4.25. The molecule has 0 aromatic rings. The average molecular weight is 160 g/mol. The summed E-state index contributed by atoms with van der Waals surface area (Å²) in [6.45, 7) is 2.85. The molecule has 4 N–H and O–H groups in total. The van der Waals surface area contributed by atoms with E-state index in [1.54, 1.807) is 0 Å². The molecule has 0 radical (unpaired) electrons. The van der Waals surface area contributed by atoms with E-state index >= 15 is 0 Å². The Morgan fingerprint density at radius 1 is 1.09 bits per heavy atom. The molecular formula is C6H12N2O3. The number of carbonyl (C=O) groups excluding carboxylic acids is 2. The molecule has 0 fully saturated rings. The van der Waals surface area contributed by atoms with Crippen LogP contribution < -0.4 is 11.5 Å². The number of ether oxygens (including phenoxy) is 1. The maximum atomic E-state index is 10.6. The zero-order chi connectivity index (χ0) is 9.02. The van der Waals surface area contributed by atoms with Crippen LogP contribution >= 0.6 is 0 Å². The monoisotopic (exact) mass is 160 g/mol. The fourth-order valence-electron chi connectivity index (χ4n) is 0.285. The van der Waals surface area contributed by atoms with Crippen LogP contribution in [-0.2, 0) is 14.3 Å². The minimum Gasteiger partial charge on any atom is -0.391 e. The van der Waals surface area contributed by atoms with Gasteiger partial charge in [0.1, 0.15) is 12.1 Å². The van der Waals surface area contributed by atoms with E-state index in [4.69, 9.17) is 11.5 Å². The maximum absolute atomic E-state index is 10.6. The van der Waals surface area contributed by atoms with Gasteiger partial charge < -0.3 is 16.2 Å². The lowest BCUT2D eigenvalue weighted by molar-refractivity contribution is -0.161. The molecule has 2 atom stereocenters. The van der Waals surface area contributed by atoms with Crippen LogP contribution in [0.15, 0.2) is 0 Å². The van der Waals surface area contributed by atoms with Gasteiger partial charge in [0.05, 0.1) is 0 Å². The molecule has 0 saturated heterocycles. The SMILES string of the molecule is C[C@H](N)C(=O)OC(=O)[C@@H](C)N. The highest BCUT2D eigenvalue weighted by Gasteiger charge is 2.16. The fourth-order valence-corrected chi connectivity index (χ4v) is 0.285. The summed E-state index contributed by atoms with van der Waals surface area (Å²) in [4.78, 5) is 21.3. The van der Waals surface area contributed by atoms with Crippen LogP contribution in [0.4, 0.5) is 0 Å². The quantitative estimate of drug-likeness (QED) is 0.388. The van der Waals surface area contributed by atoms with Crippen LogP contribution in [-0.4, -0.2) is 24.0 Å². The predicted octanol–water partition coefficient (Wildman–Crippen LogP) is -1.25. The van der Waals surface area contributed by atoms with Gasteiger partial charge in [0, 0.05) is 0 Å². The summed E-state index contributed by atoms with van der Waals surface area (Å²) >= 11 is 0. The van der Waals surface area contributed by atoms with Crippen LogP contribution in [0, 0.1) is 0 Å². The van der Waals surface area contributed by atoms with Crippen molar-refractivity contribution in [1.82, 2.24) is 0 Å². The van der Waals surface area contributed by atoms with Gasteiger partial charge in [0.15, 0.2) is 0 Å². The molecule has 64 valence electrons. The van der Waals surface area contributed by atoms with Gasteiger partial charge in [0.2, 0.25) is 0 Å². The number of hydrogen-bond donors (Lipinski definition) is 2. The number of hydrogen-bond acceptors (Lipinski definition) is 5. The molecule has 0 aromatic carbocycles. The molecule has 0 aromatic heterocycles. The number of esters is 2. The third kappa shape index (κ3) is 3.69. The molecule has 0 aliphatic carbocycles. The molecule has 0 unspecified atom stereocenters. The van der Waals surface area contributed by atoms with E-state index in [1.807, 2.05) is 0 Å². The van der Waals surface area contributed by atoms with Crippen LogP contribution in [0.2, 0.25) is 0 Å². The summed E-state index contributed by atoms with van der Waals surface area (Å²) in [6, 6.07) is -1.59. The summed E-state index contributed by atoms with van der Waals surface area (Å²) in [7, 11) is 0. The van der Waals surface area contributed by atoms with Crippen molar-refractivity contribution < 1.29 is 14.3 Å². The van der Waals surface area contributed by atoms with E-state index in [1.165, 1.54) is 13.8 Å². The summed E-state index contributed by atoms with van der Waals surface area (Å²) in [5.41, 5.74) is 10.2. The van der Waals surface area contributed by atoms with Gasteiger partial charge >= 0.3 is 11.9 Å². The van der Waals surface area contributed by atoms with Crippen molar-refractivity contribution in [2.24, 2.45) is 11.5 Å². The van der Waals surface area contributed by atoms with E-state index in [9.17, 15) is 9.59 Å². The largest absolute Gasteiger partial charge is 0.391 e. The van der Waals surface area contributed by atoms with Crippen LogP contribution in [0.5, 0.6) is 0 Å². The van der Waals surface area contributed by atoms with Crippen molar-refractivity contribution in [2.75, 3.05) is 0 Å². The standard InChI is InChI=1S/C6H12N2O3/c1-3(7)5(9)11-6(10)4(2)8/h3-4H,7-8H2,1-2H3/t3-,4+. The number of rotatable bonds is 2. The molecule has 0 spiro atoms. The normalized spacial score (nSPS) is 15.3. The molecule has 11 heavy (non-hydrogen) atoms.